The van der Waals surface area contributed by atoms with E-state index >= 15 is 0 Å². The van der Waals surface area contributed by atoms with Crippen LogP contribution in [0, 0.1) is 5.41 Å². The molecule has 1 aromatic carbocycles. The summed E-state index contributed by atoms with van der Waals surface area (Å²) < 4.78 is 14.9. The van der Waals surface area contributed by atoms with Crippen LogP contribution in [0.25, 0.3) is 11.1 Å². The maximum Gasteiger partial charge on any atom is 0.248 e. The van der Waals surface area contributed by atoms with Crippen molar-refractivity contribution in [1.82, 2.24) is 19.9 Å². The molecule has 3 heterocycles. The molecule has 1 fully saturated rings. The Balaban J connectivity index is 1.50. The number of carbonyl (C=O) groups is 3. The van der Waals surface area contributed by atoms with Crippen LogP contribution in [0.2, 0.25) is 0 Å². The molecule has 2 aromatic heterocycles. The highest BCUT2D eigenvalue weighted by atomic mass is 79.9. The summed E-state index contributed by atoms with van der Waals surface area (Å²) in [4.78, 5) is 52.2. The Morgan fingerprint density at radius 2 is 1.88 bits per heavy atom. The van der Waals surface area contributed by atoms with E-state index in [1.54, 1.807) is 48.8 Å². The Bertz CT molecular complexity index is 1450. The number of amides is 2. The van der Waals surface area contributed by atoms with Crippen molar-refractivity contribution in [3.8, 4) is 11.1 Å². The van der Waals surface area contributed by atoms with Crippen molar-refractivity contribution in [3.05, 3.63) is 64.8 Å². The summed E-state index contributed by atoms with van der Waals surface area (Å²) in [5.41, 5.74) is 1.86. The van der Waals surface area contributed by atoms with Crippen LogP contribution in [0.3, 0.4) is 0 Å². The number of hydrogen-bond donors (Lipinski definition) is 3. The van der Waals surface area contributed by atoms with E-state index in [9.17, 15) is 18.8 Å². The molecule has 4 rings (SSSR count). The minimum Gasteiger partial charge on any atom is -0.376 e. The molecule has 1 aliphatic heterocycles. The fraction of sp³-hybridized carbons (Fsp3) is 0.321. The second-order valence-corrected chi connectivity index (χ2v) is 10.6. The van der Waals surface area contributed by atoms with Gasteiger partial charge in [0.1, 0.15) is 34.2 Å². The second-order valence-electron chi connectivity index (χ2n) is 9.76. The number of carbonyl (C=O) groups excluding carboxylic acids is 3. The quantitative estimate of drug-likeness (QED) is 0.241. The van der Waals surface area contributed by atoms with Gasteiger partial charge in [-0.05, 0) is 45.8 Å². The van der Waals surface area contributed by atoms with Gasteiger partial charge in [0.05, 0.1) is 13.1 Å². The smallest absolute Gasteiger partial charge is 0.248 e. The van der Waals surface area contributed by atoms with Crippen molar-refractivity contribution in [2.24, 2.45) is 0 Å². The lowest BCUT2D eigenvalue weighted by Crippen LogP contribution is -2.45. The number of rotatable bonds is 9. The summed E-state index contributed by atoms with van der Waals surface area (Å²) in [6.07, 6.45) is 1.90. The number of ketones is 1. The van der Waals surface area contributed by atoms with Gasteiger partial charge in [0.15, 0.2) is 5.78 Å². The molecule has 208 valence electrons. The van der Waals surface area contributed by atoms with Crippen LogP contribution in [0.5, 0.6) is 0 Å². The Morgan fingerprint density at radius 1 is 1.15 bits per heavy atom. The SMILES string of the molecule is CC(=O)C(=N)c1cc(-c2cnc(C(C)C)nc2)ccc1NCC(=O)N1C[C@H](F)C[C@H]1C(=O)Nc1cccc(Br)n1. The van der Waals surface area contributed by atoms with E-state index in [2.05, 4.69) is 41.5 Å². The third-order valence-corrected chi connectivity index (χ3v) is 6.87. The van der Waals surface area contributed by atoms with Gasteiger partial charge < -0.3 is 15.5 Å². The van der Waals surface area contributed by atoms with Gasteiger partial charge in [-0.2, -0.15) is 0 Å². The summed E-state index contributed by atoms with van der Waals surface area (Å²) in [7, 11) is 0. The molecule has 3 N–H and O–H groups in total. The van der Waals surface area contributed by atoms with Gasteiger partial charge in [-0.15, -0.1) is 0 Å². The average molecular weight is 610 g/mol. The number of alkyl halides is 1. The number of Topliss-reactive ketones (excluding diaryl/α,β-unsaturated/α-hetero) is 1. The van der Waals surface area contributed by atoms with E-state index in [1.165, 1.54) is 11.8 Å². The van der Waals surface area contributed by atoms with Gasteiger partial charge in [-0.3, -0.25) is 19.8 Å². The van der Waals surface area contributed by atoms with Gasteiger partial charge >= 0.3 is 0 Å². The monoisotopic (exact) mass is 609 g/mol. The Morgan fingerprint density at radius 3 is 2.52 bits per heavy atom. The molecule has 0 spiro atoms. The Kier molecular flexibility index (Phi) is 8.98. The normalized spacial score (nSPS) is 16.6. The summed E-state index contributed by atoms with van der Waals surface area (Å²) in [5.74, 6) is -0.322. The largest absolute Gasteiger partial charge is 0.376 e. The minimum atomic E-state index is -1.35. The number of likely N-dealkylation sites (tertiary alicyclic amines) is 1. The Hall–Kier alpha value is -4.06. The van der Waals surface area contributed by atoms with Crippen LogP contribution in [-0.2, 0) is 14.4 Å². The highest BCUT2D eigenvalue weighted by Crippen LogP contribution is 2.27. The van der Waals surface area contributed by atoms with Gasteiger partial charge in [0, 0.05) is 48.5 Å². The van der Waals surface area contributed by atoms with Gasteiger partial charge in [-0.25, -0.2) is 19.3 Å². The van der Waals surface area contributed by atoms with E-state index in [1.807, 2.05) is 13.8 Å². The van der Waals surface area contributed by atoms with Crippen molar-refractivity contribution in [1.29, 1.82) is 5.41 Å². The van der Waals surface area contributed by atoms with Crippen molar-refractivity contribution in [2.45, 2.75) is 45.3 Å². The van der Waals surface area contributed by atoms with Crippen LogP contribution >= 0.6 is 15.9 Å². The van der Waals surface area contributed by atoms with E-state index < -0.39 is 29.8 Å². The third kappa shape index (κ3) is 6.74. The van der Waals surface area contributed by atoms with Crippen LogP contribution in [0.1, 0.15) is 44.5 Å². The number of halogens is 2. The second kappa shape index (κ2) is 12.4. The number of benzene rings is 1. The summed E-state index contributed by atoms with van der Waals surface area (Å²) in [6.45, 7) is 4.79. The summed E-state index contributed by atoms with van der Waals surface area (Å²) >= 11 is 3.24. The number of anilines is 2. The summed E-state index contributed by atoms with van der Waals surface area (Å²) in [5, 5.41) is 13.9. The van der Waals surface area contributed by atoms with Gasteiger partial charge in [0.2, 0.25) is 11.8 Å². The van der Waals surface area contributed by atoms with Crippen LogP contribution in [0.4, 0.5) is 15.9 Å². The average Bonchev–Trinajstić information content (AvgIpc) is 3.33. The van der Waals surface area contributed by atoms with Crippen LogP contribution in [-0.4, -0.2) is 68.5 Å². The number of aromatic nitrogens is 3. The molecule has 10 nitrogen and oxygen atoms in total. The van der Waals surface area contributed by atoms with Crippen molar-refractivity contribution in [2.75, 3.05) is 23.7 Å². The molecule has 0 unspecified atom stereocenters. The van der Waals surface area contributed by atoms with E-state index in [4.69, 9.17) is 5.41 Å². The lowest BCUT2D eigenvalue weighted by Gasteiger charge is -2.24. The first kappa shape index (κ1) is 28.9. The first-order valence-corrected chi connectivity index (χ1v) is 13.5. The number of nitrogens with one attached hydrogen (secondary N) is 3. The fourth-order valence-corrected chi connectivity index (χ4v) is 4.67. The molecule has 1 aliphatic rings. The van der Waals surface area contributed by atoms with Crippen LogP contribution in [0.15, 0.2) is 53.4 Å². The Labute approximate surface area is 239 Å². The zero-order valence-corrected chi connectivity index (χ0v) is 23.8. The molecule has 3 aromatic rings. The van der Waals surface area contributed by atoms with Crippen molar-refractivity contribution < 1.29 is 18.8 Å². The van der Waals surface area contributed by atoms with Crippen molar-refractivity contribution in [3.63, 3.8) is 0 Å². The number of hydrogen-bond acceptors (Lipinski definition) is 8. The van der Waals surface area contributed by atoms with Crippen molar-refractivity contribution >= 4 is 50.7 Å². The predicted octanol–water partition coefficient (Wildman–Crippen LogP) is 4.37. The number of nitrogens with zero attached hydrogens (tertiary/aromatic N) is 4. The molecule has 0 saturated carbocycles. The molecular formula is C28H29BrFN7O3. The molecule has 12 heteroatoms. The molecule has 0 bridgehead atoms. The molecule has 0 aliphatic carbocycles. The molecule has 1 saturated heterocycles. The third-order valence-electron chi connectivity index (χ3n) is 6.43. The molecular weight excluding hydrogens is 581 g/mol. The molecule has 40 heavy (non-hydrogen) atoms. The number of pyridine rings is 1. The first-order chi connectivity index (χ1) is 19.0. The topological polar surface area (TPSA) is 141 Å². The zero-order chi connectivity index (χ0) is 29.0. The standard InChI is InChI=1S/C28H29BrFN7O3/c1-15(2)27-33-11-18(12-34-27)17-7-8-21(20(9-17)26(31)16(3)38)32-13-25(39)37-14-19(30)10-22(37)28(40)36-24-6-4-5-23(29)35-24/h4-9,11-12,15,19,22,31-32H,10,13-14H2,1-3H3,(H,35,36,40)/t19-,22+/m1/s1. The van der Waals surface area contributed by atoms with Gasteiger partial charge in [-0.1, -0.05) is 26.0 Å². The summed E-state index contributed by atoms with van der Waals surface area (Å²) in [6, 6.07) is 9.09. The highest BCUT2D eigenvalue weighted by molar-refractivity contribution is 9.10. The molecule has 0 radical (unpaired) electrons. The zero-order valence-electron chi connectivity index (χ0n) is 22.2. The minimum absolute atomic E-state index is 0.127. The first-order valence-electron chi connectivity index (χ1n) is 12.7. The van der Waals surface area contributed by atoms with E-state index in [0.29, 0.717) is 32.8 Å². The maximum atomic E-state index is 14.4. The lowest BCUT2D eigenvalue weighted by atomic mass is 9.99. The molecule has 2 amide bonds. The van der Waals surface area contributed by atoms with E-state index in [0.717, 1.165) is 0 Å². The lowest BCUT2D eigenvalue weighted by molar-refractivity contribution is -0.135. The van der Waals surface area contributed by atoms with Crippen LogP contribution < -0.4 is 10.6 Å². The maximum absolute atomic E-state index is 14.4. The highest BCUT2D eigenvalue weighted by Gasteiger charge is 2.39. The van der Waals surface area contributed by atoms with Gasteiger partial charge in [0.25, 0.3) is 0 Å². The van der Waals surface area contributed by atoms with E-state index in [-0.39, 0.29) is 37.0 Å². The molecule has 2 atom stereocenters. The fourth-order valence-electron chi connectivity index (χ4n) is 4.33. The predicted molar refractivity (Wildman–Crippen MR) is 153 cm³/mol.